The second-order valence-electron chi connectivity index (χ2n) is 4.29. The van der Waals surface area contributed by atoms with Gasteiger partial charge in [0.05, 0.1) is 29.8 Å². The number of rotatable bonds is 3. The van der Waals surface area contributed by atoms with Crippen molar-refractivity contribution in [2.75, 3.05) is 7.11 Å². The Morgan fingerprint density at radius 2 is 2.25 bits per heavy atom. The standard InChI is InChI=1S/C14H11BrN2O2S/c1-19-12-3-2-9(6-11(12)15)7-17-8-16-13-10(14(17)18)4-5-20-13/h2-6,8H,7H2,1H3. The predicted molar refractivity (Wildman–Crippen MR) is 83.7 cm³/mol. The summed E-state index contributed by atoms with van der Waals surface area (Å²) in [5.41, 5.74) is 0.999. The van der Waals surface area contributed by atoms with Gasteiger partial charge in [-0.2, -0.15) is 0 Å². The maximum Gasteiger partial charge on any atom is 0.262 e. The summed E-state index contributed by atoms with van der Waals surface area (Å²) < 4.78 is 7.68. The van der Waals surface area contributed by atoms with Crippen molar-refractivity contribution in [3.8, 4) is 5.75 Å². The van der Waals surface area contributed by atoms with Crippen LogP contribution in [0.5, 0.6) is 5.75 Å². The molecule has 2 aromatic heterocycles. The van der Waals surface area contributed by atoms with E-state index in [9.17, 15) is 4.79 Å². The molecule has 1 aromatic carbocycles. The van der Waals surface area contributed by atoms with Crippen molar-refractivity contribution < 1.29 is 4.74 Å². The van der Waals surface area contributed by atoms with Gasteiger partial charge in [0.2, 0.25) is 0 Å². The van der Waals surface area contributed by atoms with Gasteiger partial charge in [0, 0.05) is 0 Å². The van der Waals surface area contributed by atoms with E-state index in [0.29, 0.717) is 11.9 Å². The molecule has 0 saturated carbocycles. The van der Waals surface area contributed by atoms with E-state index in [0.717, 1.165) is 20.6 Å². The highest BCUT2D eigenvalue weighted by atomic mass is 79.9. The Hall–Kier alpha value is -1.66. The molecular formula is C14H11BrN2O2S. The quantitative estimate of drug-likeness (QED) is 0.728. The second-order valence-corrected chi connectivity index (χ2v) is 6.03. The molecule has 0 aliphatic rings. The smallest absolute Gasteiger partial charge is 0.262 e. The normalized spacial score (nSPS) is 10.9. The van der Waals surface area contributed by atoms with Crippen molar-refractivity contribution in [3.05, 3.63) is 56.4 Å². The summed E-state index contributed by atoms with van der Waals surface area (Å²) in [4.78, 5) is 17.4. The summed E-state index contributed by atoms with van der Waals surface area (Å²) in [6.07, 6.45) is 1.60. The largest absolute Gasteiger partial charge is 0.496 e. The highest BCUT2D eigenvalue weighted by Crippen LogP contribution is 2.25. The molecule has 0 N–H and O–H groups in total. The van der Waals surface area contributed by atoms with Crippen LogP contribution in [0.2, 0.25) is 0 Å². The molecular weight excluding hydrogens is 340 g/mol. The van der Waals surface area contributed by atoms with Crippen molar-refractivity contribution >= 4 is 37.5 Å². The zero-order valence-electron chi connectivity index (χ0n) is 10.7. The number of nitrogens with zero attached hydrogens (tertiary/aromatic N) is 2. The lowest BCUT2D eigenvalue weighted by Gasteiger charge is -2.08. The van der Waals surface area contributed by atoms with Gasteiger partial charge in [0.15, 0.2) is 0 Å². The molecule has 3 aromatic rings. The van der Waals surface area contributed by atoms with E-state index in [-0.39, 0.29) is 5.56 Å². The predicted octanol–water partition coefficient (Wildman–Crippen LogP) is 3.28. The minimum absolute atomic E-state index is 0.0109. The molecule has 2 heterocycles. The minimum Gasteiger partial charge on any atom is -0.496 e. The molecule has 0 radical (unpaired) electrons. The van der Waals surface area contributed by atoms with Crippen molar-refractivity contribution in [2.45, 2.75) is 6.54 Å². The van der Waals surface area contributed by atoms with Crippen LogP contribution >= 0.6 is 27.3 Å². The van der Waals surface area contributed by atoms with Crippen LogP contribution < -0.4 is 10.3 Å². The van der Waals surface area contributed by atoms with Gasteiger partial charge in [0.25, 0.3) is 5.56 Å². The van der Waals surface area contributed by atoms with Crippen LogP contribution in [0.15, 0.2) is 45.2 Å². The number of ether oxygens (including phenoxy) is 1. The lowest BCUT2D eigenvalue weighted by atomic mass is 10.2. The Labute approximate surface area is 127 Å². The van der Waals surface area contributed by atoms with Crippen LogP contribution in [0.4, 0.5) is 0 Å². The number of thiophene rings is 1. The molecule has 0 amide bonds. The second kappa shape index (κ2) is 5.38. The number of aromatic nitrogens is 2. The number of methoxy groups -OCH3 is 1. The Kier molecular flexibility index (Phi) is 3.58. The summed E-state index contributed by atoms with van der Waals surface area (Å²) in [5, 5.41) is 2.55. The first-order valence-electron chi connectivity index (χ1n) is 5.94. The van der Waals surface area contributed by atoms with Crippen molar-refractivity contribution in [2.24, 2.45) is 0 Å². The first-order chi connectivity index (χ1) is 9.69. The van der Waals surface area contributed by atoms with Gasteiger partial charge in [-0.1, -0.05) is 6.07 Å². The van der Waals surface area contributed by atoms with Gasteiger partial charge in [-0.3, -0.25) is 9.36 Å². The van der Waals surface area contributed by atoms with Crippen LogP contribution in [0.3, 0.4) is 0 Å². The Balaban J connectivity index is 1.98. The molecule has 0 saturated heterocycles. The third-order valence-corrected chi connectivity index (χ3v) is 4.46. The van der Waals surface area contributed by atoms with Gasteiger partial charge < -0.3 is 4.74 Å². The summed E-state index contributed by atoms with van der Waals surface area (Å²) in [6, 6.07) is 7.58. The molecule has 4 nitrogen and oxygen atoms in total. The first-order valence-corrected chi connectivity index (χ1v) is 7.61. The van der Waals surface area contributed by atoms with Crippen LogP contribution in [0, 0.1) is 0 Å². The first kappa shape index (κ1) is 13.3. The van der Waals surface area contributed by atoms with Crippen molar-refractivity contribution in [1.29, 1.82) is 0 Å². The number of hydrogen-bond donors (Lipinski definition) is 0. The van der Waals surface area contributed by atoms with E-state index >= 15 is 0 Å². The number of fused-ring (bicyclic) bond motifs is 1. The van der Waals surface area contributed by atoms with Crippen LogP contribution in [0.25, 0.3) is 10.2 Å². The highest BCUT2D eigenvalue weighted by molar-refractivity contribution is 9.10. The summed E-state index contributed by atoms with van der Waals surface area (Å²) in [7, 11) is 1.62. The van der Waals surface area contributed by atoms with Crippen LogP contribution in [-0.4, -0.2) is 16.7 Å². The molecule has 0 aliphatic heterocycles. The van der Waals surface area contributed by atoms with Gasteiger partial charge in [-0.05, 0) is 45.1 Å². The molecule has 0 bridgehead atoms. The Morgan fingerprint density at radius 3 is 3.00 bits per heavy atom. The fraction of sp³-hybridized carbons (Fsp3) is 0.143. The minimum atomic E-state index is -0.0109. The van der Waals surface area contributed by atoms with E-state index < -0.39 is 0 Å². The van der Waals surface area contributed by atoms with Gasteiger partial charge in [-0.25, -0.2) is 4.98 Å². The van der Waals surface area contributed by atoms with Crippen molar-refractivity contribution in [3.63, 3.8) is 0 Å². The lowest BCUT2D eigenvalue weighted by Crippen LogP contribution is -2.20. The average Bonchev–Trinajstić information content (AvgIpc) is 2.91. The molecule has 0 unspecified atom stereocenters. The van der Waals surface area contributed by atoms with E-state index in [1.165, 1.54) is 11.3 Å². The van der Waals surface area contributed by atoms with Gasteiger partial charge in [0.1, 0.15) is 10.6 Å². The van der Waals surface area contributed by atoms with E-state index in [1.807, 2.05) is 29.6 Å². The zero-order chi connectivity index (χ0) is 14.1. The van der Waals surface area contributed by atoms with E-state index in [4.69, 9.17) is 4.74 Å². The topological polar surface area (TPSA) is 44.1 Å². The third kappa shape index (κ3) is 2.36. The zero-order valence-corrected chi connectivity index (χ0v) is 13.1. The third-order valence-electron chi connectivity index (χ3n) is 3.02. The monoisotopic (exact) mass is 350 g/mol. The van der Waals surface area contributed by atoms with E-state index in [1.54, 1.807) is 18.0 Å². The maximum atomic E-state index is 12.3. The maximum absolute atomic E-state index is 12.3. The summed E-state index contributed by atoms with van der Waals surface area (Å²) in [5.74, 6) is 0.771. The van der Waals surface area contributed by atoms with Crippen molar-refractivity contribution in [1.82, 2.24) is 9.55 Å². The lowest BCUT2D eigenvalue weighted by molar-refractivity contribution is 0.412. The molecule has 102 valence electrons. The fourth-order valence-electron chi connectivity index (χ4n) is 2.01. The Bertz CT molecular complexity index is 825. The summed E-state index contributed by atoms with van der Waals surface area (Å²) >= 11 is 4.92. The number of halogens is 1. The fourth-order valence-corrected chi connectivity index (χ4v) is 3.32. The molecule has 0 atom stereocenters. The van der Waals surface area contributed by atoms with Gasteiger partial charge in [-0.15, -0.1) is 11.3 Å². The number of benzene rings is 1. The van der Waals surface area contributed by atoms with Crippen LogP contribution in [0.1, 0.15) is 5.56 Å². The molecule has 3 rings (SSSR count). The molecule has 20 heavy (non-hydrogen) atoms. The SMILES string of the molecule is COc1ccc(Cn2cnc3sccc3c2=O)cc1Br. The van der Waals surface area contributed by atoms with Gasteiger partial charge >= 0.3 is 0 Å². The Morgan fingerprint density at radius 1 is 1.40 bits per heavy atom. The molecule has 0 aliphatic carbocycles. The molecule has 6 heteroatoms. The summed E-state index contributed by atoms with van der Waals surface area (Å²) in [6.45, 7) is 0.486. The number of hydrogen-bond acceptors (Lipinski definition) is 4. The van der Waals surface area contributed by atoms with E-state index in [2.05, 4.69) is 20.9 Å². The molecule has 0 spiro atoms. The average molecular weight is 351 g/mol. The highest BCUT2D eigenvalue weighted by Gasteiger charge is 2.07. The van der Waals surface area contributed by atoms with Crippen LogP contribution in [-0.2, 0) is 6.54 Å². The molecule has 0 fully saturated rings.